The molecule has 0 aromatic heterocycles. The standard InChI is InChI=1S/C18H19FN2O6/c1-2-26-17(24)13-9-20-18(25)21-14(13)10-27-16(23)8-7-15(22)11-3-5-12(19)6-4-11/h3-6H,2,7-10H2,1H3,(H2,20,21,25). The van der Waals surface area contributed by atoms with Crippen molar-refractivity contribution in [1.82, 2.24) is 10.6 Å². The summed E-state index contributed by atoms with van der Waals surface area (Å²) >= 11 is 0. The van der Waals surface area contributed by atoms with Gasteiger partial charge in [-0.2, -0.15) is 0 Å². The minimum absolute atomic E-state index is 0.0411. The van der Waals surface area contributed by atoms with E-state index >= 15 is 0 Å². The molecule has 9 heteroatoms. The van der Waals surface area contributed by atoms with Gasteiger partial charge in [0.2, 0.25) is 0 Å². The van der Waals surface area contributed by atoms with Crippen molar-refractivity contribution in [3.8, 4) is 0 Å². The third-order valence-electron chi connectivity index (χ3n) is 3.68. The topological polar surface area (TPSA) is 111 Å². The van der Waals surface area contributed by atoms with Gasteiger partial charge >= 0.3 is 18.0 Å². The average Bonchev–Trinajstić information content (AvgIpc) is 2.65. The molecule has 0 spiro atoms. The molecule has 1 aromatic rings. The summed E-state index contributed by atoms with van der Waals surface area (Å²) < 4.78 is 22.8. The Morgan fingerprint density at radius 1 is 1.11 bits per heavy atom. The fraction of sp³-hybridized carbons (Fsp3) is 0.333. The zero-order valence-electron chi connectivity index (χ0n) is 14.7. The van der Waals surface area contributed by atoms with Crippen LogP contribution >= 0.6 is 0 Å². The van der Waals surface area contributed by atoms with Gasteiger partial charge in [0.25, 0.3) is 0 Å². The predicted octanol–water partition coefficient (Wildman–Crippen LogP) is 1.46. The van der Waals surface area contributed by atoms with E-state index in [0.717, 1.165) is 12.1 Å². The van der Waals surface area contributed by atoms with Crippen LogP contribution in [-0.4, -0.2) is 43.5 Å². The van der Waals surface area contributed by atoms with Crippen LogP contribution in [0.5, 0.6) is 0 Å². The van der Waals surface area contributed by atoms with Gasteiger partial charge in [-0.3, -0.25) is 9.59 Å². The average molecular weight is 378 g/mol. The summed E-state index contributed by atoms with van der Waals surface area (Å²) in [6, 6.07) is 4.47. The Morgan fingerprint density at radius 2 is 1.81 bits per heavy atom. The van der Waals surface area contributed by atoms with E-state index in [2.05, 4.69) is 10.6 Å². The first-order valence-electron chi connectivity index (χ1n) is 8.29. The van der Waals surface area contributed by atoms with E-state index in [1.807, 2.05) is 0 Å². The molecule has 144 valence electrons. The SMILES string of the molecule is CCOC(=O)C1=C(COC(=O)CCC(=O)c2ccc(F)cc2)NC(=O)NC1. The van der Waals surface area contributed by atoms with Gasteiger partial charge in [0.15, 0.2) is 5.78 Å². The molecule has 0 fully saturated rings. The van der Waals surface area contributed by atoms with Crippen molar-refractivity contribution >= 4 is 23.8 Å². The van der Waals surface area contributed by atoms with Gasteiger partial charge in [-0.1, -0.05) is 0 Å². The Bertz CT molecular complexity index is 773. The van der Waals surface area contributed by atoms with Crippen LogP contribution in [-0.2, 0) is 19.1 Å². The van der Waals surface area contributed by atoms with Crippen molar-refractivity contribution in [2.75, 3.05) is 19.8 Å². The first-order chi connectivity index (χ1) is 12.9. The summed E-state index contributed by atoms with van der Waals surface area (Å²) in [6.07, 6.45) is -0.299. The highest BCUT2D eigenvalue weighted by Gasteiger charge is 2.24. The van der Waals surface area contributed by atoms with Crippen molar-refractivity contribution in [3.63, 3.8) is 0 Å². The fourth-order valence-corrected chi connectivity index (χ4v) is 2.29. The monoisotopic (exact) mass is 378 g/mol. The second kappa shape index (κ2) is 9.46. The number of amides is 2. The number of rotatable bonds is 8. The molecule has 2 rings (SSSR count). The van der Waals surface area contributed by atoms with Gasteiger partial charge in [-0.05, 0) is 31.2 Å². The van der Waals surface area contributed by atoms with Gasteiger partial charge < -0.3 is 20.1 Å². The van der Waals surface area contributed by atoms with Gasteiger partial charge in [0.05, 0.1) is 30.8 Å². The molecule has 2 amide bonds. The maximum Gasteiger partial charge on any atom is 0.337 e. The van der Waals surface area contributed by atoms with E-state index in [-0.39, 0.29) is 49.7 Å². The number of urea groups is 1. The maximum absolute atomic E-state index is 12.8. The molecule has 2 N–H and O–H groups in total. The molecule has 0 bridgehead atoms. The summed E-state index contributed by atoms with van der Waals surface area (Å²) in [7, 11) is 0. The van der Waals surface area contributed by atoms with Crippen LogP contribution in [0.25, 0.3) is 0 Å². The van der Waals surface area contributed by atoms with Crippen LogP contribution in [0.15, 0.2) is 35.5 Å². The van der Waals surface area contributed by atoms with Gasteiger partial charge in [-0.15, -0.1) is 0 Å². The highest BCUT2D eigenvalue weighted by Crippen LogP contribution is 2.11. The molecule has 0 unspecified atom stereocenters. The molecule has 0 atom stereocenters. The van der Waals surface area contributed by atoms with Crippen LogP contribution in [0, 0.1) is 5.82 Å². The quantitative estimate of drug-likeness (QED) is 0.523. The molecule has 1 aromatic carbocycles. The smallest absolute Gasteiger partial charge is 0.337 e. The van der Waals surface area contributed by atoms with E-state index in [9.17, 15) is 23.6 Å². The second-order valence-corrected chi connectivity index (χ2v) is 5.58. The molecule has 1 aliphatic heterocycles. The van der Waals surface area contributed by atoms with Crippen LogP contribution in [0.1, 0.15) is 30.1 Å². The minimum atomic E-state index is -0.672. The number of ketones is 1. The minimum Gasteiger partial charge on any atom is -0.463 e. The molecule has 1 aliphatic rings. The molecular weight excluding hydrogens is 359 g/mol. The molecule has 0 aliphatic carbocycles. The molecule has 1 heterocycles. The molecule has 0 saturated heterocycles. The van der Waals surface area contributed by atoms with Crippen molar-refractivity contribution in [3.05, 3.63) is 46.9 Å². The van der Waals surface area contributed by atoms with Crippen molar-refractivity contribution in [2.45, 2.75) is 19.8 Å². The third-order valence-corrected chi connectivity index (χ3v) is 3.68. The van der Waals surface area contributed by atoms with Crippen LogP contribution in [0.2, 0.25) is 0 Å². The van der Waals surface area contributed by atoms with E-state index in [4.69, 9.17) is 9.47 Å². The number of hydrogen-bond acceptors (Lipinski definition) is 6. The Hall–Kier alpha value is -3.23. The molecular formula is C18H19FN2O6. The summed E-state index contributed by atoms with van der Waals surface area (Å²) in [5, 5.41) is 4.84. The lowest BCUT2D eigenvalue weighted by molar-refractivity contribution is -0.143. The van der Waals surface area contributed by atoms with Crippen molar-refractivity contribution in [1.29, 1.82) is 0 Å². The van der Waals surface area contributed by atoms with E-state index in [0.29, 0.717) is 5.56 Å². The Kier molecular flexibility index (Phi) is 7.04. The lowest BCUT2D eigenvalue weighted by Crippen LogP contribution is -2.45. The number of carbonyl (C=O) groups is 4. The van der Waals surface area contributed by atoms with E-state index in [1.165, 1.54) is 12.1 Å². The zero-order chi connectivity index (χ0) is 19.8. The van der Waals surface area contributed by atoms with Gasteiger partial charge in [0.1, 0.15) is 12.4 Å². The lowest BCUT2D eigenvalue weighted by atomic mass is 10.1. The summed E-state index contributed by atoms with van der Waals surface area (Å²) in [5.41, 5.74) is 0.587. The lowest BCUT2D eigenvalue weighted by Gasteiger charge is -2.21. The van der Waals surface area contributed by atoms with Crippen LogP contribution in [0.4, 0.5) is 9.18 Å². The number of hydrogen-bond donors (Lipinski definition) is 2. The summed E-state index contributed by atoms with van der Waals surface area (Å²) in [4.78, 5) is 47.1. The number of esters is 2. The zero-order valence-corrected chi connectivity index (χ0v) is 14.7. The summed E-state index contributed by atoms with van der Waals surface area (Å²) in [6.45, 7) is 1.44. The van der Waals surface area contributed by atoms with Crippen molar-refractivity contribution in [2.24, 2.45) is 0 Å². The van der Waals surface area contributed by atoms with Gasteiger partial charge in [0, 0.05) is 12.0 Å². The van der Waals surface area contributed by atoms with Gasteiger partial charge in [-0.25, -0.2) is 14.0 Å². The third kappa shape index (κ3) is 5.91. The number of benzene rings is 1. The normalized spacial score (nSPS) is 13.5. The molecule has 0 saturated carbocycles. The molecule has 0 radical (unpaired) electrons. The Labute approximate surface area is 154 Å². The highest BCUT2D eigenvalue weighted by atomic mass is 19.1. The fourth-order valence-electron chi connectivity index (χ4n) is 2.29. The molecule has 8 nitrogen and oxygen atoms in total. The largest absolute Gasteiger partial charge is 0.463 e. The maximum atomic E-state index is 12.8. The first-order valence-corrected chi connectivity index (χ1v) is 8.29. The number of carbonyl (C=O) groups excluding carboxylic acids is 4. The van der Waals surface area contributed by atoms with E-state index < -0.39 is 23.8 Å². The number of Topliss-reactive ketones (excluding diaryl/α,β-unsaturated/α-hetero) is 1. The second-order valence-electron chi connectivity index (χ2n) is 5.58. The number of halogens is 1. The first kappa shape index (κ1) is 20.1. The predicted molar refractivity (Wildman–Crippen MR) is 91.1 cm³/mol. The Balaban J connectivity index is 1.89. The number of nitrogens with one attached hydrogen (secondary N) is 2. The van der Waals surface area contributed by atoms with Crippen LogP contribution < -0.4 is 10.6 Å². The summed E-state index contributed by atoms with van der Waals surface area (Å²) in [5.74, 6) is -2.08. The van der Waals surface area contributed by atoms with Crippen LogP contribution in [0.3, 0.4) is 0 Å². The Morgan fingerprint density at radius 3 is 2.48 bits per heavy atom. The highest BCUT2D eigenvalue weighted by molar-refractivity contribution is 5.97. The van der Waals surface area contributed by atoms with E-state index in [1.54, 1.807) is 6.92 Å². The van der Waals surface area contributed by atoms with Crippen molar-refractivity contribution < 1.29 is 33.0 Å². The molecule has 27 heavy (non-hydrogen) atoms. The number of ether oxygens (including phenoxy) is 2.